The van der Waals surface area contributed by atoms with E-state index in [1.165, 1.54) is 42.5 Å². The molecule has 2 rings (SSSR count). The molecule has 0 aliphatic rings. The number of anilines is 1. The molecule has 0 fully saturated rings. The van der Waals surface area contributed by atoms with Crippen LogP contribution in [-0.2, 0) is 0 Å². The monoisotopic (exact) mass is 344 g/mol. The molecule has 0 heterocycles. The van der Waals surface area contributed by atoms with Crippen LogP contribution in [0.1, 0.15) is 13.8 Å². The maximum atomic E-state index is 13.0. The Hall–Kier alpha value is -2.54. The largest absolute Gasteiger partial charge is 0.457 e. The van der Waals surface area contributed by atoms with Gasteiger partial charge in [-0.2, -0.15) is 0 Å². The molecular formula is C16H19B2FN2O4. The molecular weight excluding hydrogens is 325 g/mol. The summed E-state index contributed by atoms with van der Waals surface area (Å²) >= 11 is 0. The van der Waals surface area contributed by atoms with Gasteiger partial charge in [-0.15, -0.1) is 0 Å². The Morgan fingerprint density at radius 2 is 1.72 bits per heavy atom. The second-order valence-electron chi connectivity index (χ2n) is 6.80. The molecule has 0 aliphatic carbocycles. The lowest BCUT2D eigenvalue weighted by atomic mass is 9.53. The zero-order valence-electron chi connectivity index (χ0n) is 14.5. The first-order chi connectivity index (χ1) is 11.5. The normalized spacial score (nSPS) is 11.8. The first-order valence-electron chi connectivity index (χ1n) is 7.72. The average molecular weight is 344 g/mol. The summed E-state index contributed by atoms with van der Waals surface area (Å²) in [5.41, 5.74) is -1.05. The van der Waals surface area contributed by atoms with E-state index in [9.17, 15) is 19.6 Å². The molecule has 0 bridgehead atoms. The molecule has 0 amide bonds. The molecule has 25 heavy (non-hydrogen) atoms. The quantitative estimate of drug-likeness (QED) is 0.473. The van der Waals surface area contributed by atoms with E-state index in [1.54, 1.807) is 29.5 Å². The van der Waals surface area contributed by atoms with E-state index in [0.29, 0.717) is 11.5 Å². The maximum Gasteiger partial charge on any atom is 0.292 e. The summed E-state index contributed by atoms with van der Waals surface area (Å²) in [6.45, 7) is 3.23. The van der Waals surface area contributed by atoms with Crippen LogP contribution in [0.5, 0.6) is 11.5 Å². The van der Waals surface area contributed by atoms with Crippen LogP contribution in [0.2, 0.25) is 0 Å². The molecule has 0 aliphatic heterocycles. The van der Waals surface area contributed by atoms with Crippen molar-refractivity contribution in [2.75, 3.05) is 5.32 Å². The number of benzene rings is 2. The van der Waals surface area contributed by atoms with Crippen molar-refractivity contribution in [2.24, 2.45) is 0 Å². The van der Waals surface area contributed by atoms with Crippen molar-refractivity contribution >= 4 is 27.1 Å². The van der Waals surface area contributed by atoms with Gasteiger partial charge in [0.25, 0.3) is 5.69 Å². The summed E-state index contributed by atoms with van der Waals surface area (Å²) in [4.78, 5) is 10.8. The minimum absolute atomic E-state index is 0.135. The van der Waals surface area contributed by atoms with E-state index in [0.717, 1.165) is 0 Å². The summed E-state index contributed by atoms with van der Waals surface area (Å²) in [6.07, 6.45) is 0. The summed E-state index contributed by atoms with van der Waals surface area (Å²) in [5, 5.41) is 23.7. The standard InChI is InChI=1S/C16H19B2FN2O4/c1-15(2,22)16(17,18)20-13-9-12(7-8-14(13)21(23)24)25-11-5-3-10(19)4-6-11/h3-9,20,22H,17-18H2,1-2H3. The number of rotatable bonds is 6. The van der Waals surface area contributed by atoms with Gasteiger partial charge in [0, 0.05) is 17.5 Å². The highest BCUT2D eigenvalue weighted by molar-refractivity contribution is 6.42. The van der Waals surface area contributed by atoms with E-state index < -0.39 is 15.9 Å². The van der Waals surface area contributed by atoms with Gasteiger partial charge in [0.2, 0.25) is 0 Å². The van der Waals surface area contributed by atoms with Crippen molar-refractivity contribution in [3.63, 3.8) is 0 Å². The van der Waals surface area contributed by atoms with Crippen LogP contribution in [-0.4, -0.2) is 36.7 Å². The van der Waals surface area contributed by atoms with Crippen LogP contribution in [0, 0.1) is 15.9 Å². The Bertz CT molecular complexity index is 777. The van der Waals surface area contributed by atoms with Gasteiger partial charge in [-0.3, -0.25) is 10.1 Å². The predicted molar refractivity (Wildman–Crippen MR) is 99.3 cm³/mol. The van der Waals surface area contributed by atoms with E-state index in [-0.39, 0.29) is 17.2 Å². The minimum atomic E-state index is -1.13. The molecule has 0 atom stereocenters. The van der Waals surface area contributed by atoms with Crippen molar-refractivity contribution in [3.8, 4) is 11.5 Å². The number of nitrogens with one attached hydrogen (secondary N) is 1. The maximum absolute atomic E-state index is 13.0. The Kier molecular flexibility index (Phi) is 5.08. The Labute approximate surface area is 147 Å². The molecule has 0 unspecified atom stereocenters. The van der Waals surface area contributed by atoms with Crippen molar-refractivity contribution in [3.05, 3.63) is 58.4 Å². The third-order valence-corrected chi connectivity index (χ3v) is 4.19. The fourth-order valence-electron chi connectivity index (χ4n) is 1.97. The van der Waals surface area contributed by atoms with Crippen LogP contribution in [0.25, 0.3) is 0 Å². The highest BCUT2D eigenvalue weighted by Gasteiger charge is 2.36. The van der Waals surface area contributed by atoms with Crippen LogP contribution in [0.4, 0.5) is 15.8 Å². The zero-order valence-corrected chi connectivity index (χ0v) is 14.5. The molecule has 0 saturated carbocycles. The number of ether oxygens (including phenoxy) is 1. The molecule has 0 saturated heterocycles. The van der Waals surface area contributed by atoms with Crippen LogP contribution >= 0.6 is 0 Å². The van der Waals surface area contributed by atoms with Gasteiger partial charge >= 0.3 is 0 Å². The highest BCUT2D eigenvalue weighted by Crippen LogP contribution is 2.34. The van der Waals surface area contributed by atoms with Gasteiger partial charge in [0.15, 0.2) is 0 Å². The van der Waals surface area contributed by atoms with Crippen LogP contribution < -0.4 is 10.1 Å². The number of halogens is 1. The lowest BCUT2D eigenvalue weighted by Gasteiger charge is -2.39. The Balaban J connectivity index is 2.36. The SMILES string of the molecule is BC(B)(Nc1cc(Oc2ccc(F)cc2)ccc1[N+](=O)[O-])C(C)(C)O. The molecule has 0 aromatic heterocycles. The lowest BCUT2D eigenvalue weighted by molar-refractivity contribution is -0.384. The first-order valence-corrected chi connectivity index (χ1v) is 7.72. The number of hydrogen-bond acceptors (Lipinski definition) is 5. The molecule has 2 aromatic rings. The van der Waals surface area contributed by atoms with Crippen LogP contribution in [0.3, 0.4) is 0 Å². The van der Waals surface area contributed by atoms with Crippen molar-refractivity contribution < 1.29 is 19.2 Å². The van der Waals surface area contributed by atoms with E-state index >= 15 is 0 Å². The average Bonchev–Trinajstić information content (AvgIpc) is 2.48. The molecule has 2 aromatic carbocycles. The van der Waals surface area contributed by atoms with Crippen molar-refractivity contribution in [2.45, 2.75) is 24.8 Å². The second kappa shape index (κ2) is 6.76. The van der Waals surface area contributed by atoms with Crippen molar-refractivity contribution in [1.29, 1.82) is 0 Å². The number of aliphatic hydroxyl groups is 1. The summed E-state index contributed by atoms with van der Waals surface area (Å²) < 4.78 is 18.6. The van der Waals surface area contributed by atoms with Gasteiger partial charge in [-0.25, -0.2) is 4.39 Å². The third kappa shape index (κ3) is 4.51. The van der Waals surface area contributed by atoms with Crippen LogP contribution in [0.15, 0.2) is 42.5 Å². The van der Waals surface area contributed by atoms with Crippen molar-refractivity contribution in [1.82, 2.24) is 0 Å². The third-order valence-electron chi connectivity index (χ3n) is 4.19. The fraction of sp³-hybridized carbons (Fsp3) is 0.250. The van der Waals surface area contributed by atoms with Gasteiger partial charge in [0.05, 0.1) is 10.5 Å². The highest BCUT2D eigenvalue weighted by atomic mass is 19.1. The molecule has 6 nitrogen and oxygen atoms in total. The molecule has 130 valence electrons. The van der Waals surface area contributed by atoms with Gasteiger partial charge in [-0.05, 0) is 44.2 Å². The minimum Gasteiger partial charge on any atom is -0.457 e. The number of nitrogens with zero attached hydrogens (tertiary/aromatic N) is 1. The Morgan fingerprint density at radius 3 is 2.24 bits per heavy atom. The predicted octanol–water partition coefficient (Wildman–Crippen LogP) is 1.63. The number of nitro benzene ring substituents is 1. The number of hydrogen-bond donors (Lipinski definition) is 2. The zero-order chi connectivity index (χ0) is 18.8. The van der Waals surface area contributed by atoms with E-state index in [4.69, 9.17) is 4.74 Å². The van der Waals surface area contributed by atoms with Gasteiger partial charge < -0.3 is 15.2 Å². The Morgan fingerprint density at radius 1 is 1.16 bits per heavy atom. The summed E-state index contributed by atoms with van der Waals surface area (Å²) in [7, 11) is 3.48. The smallest absolute Gasteiger partial charge is 0.292 e. The second-order valence-corrected chi connectivity index (χ2v) is 6.80. The number of nitro groups is 1. The lowest BCUT2D eigenvalue weighted by Crippen LogP contribution is -2.57. The topological polar surface area (TPSA) is 84.6 Å². The molecule has 2 N–H and O–H groups in total. The fourth-order valence-corrected chi connectivity index (χ4v) is 1.97. The first kappa shape index (κ1) is 18.8. The molecule has 9 heteroatoms. The van der Waals surface area contributed by atoms with E-state index in [2.05, 4.69) is 5.32 Å². The van der Waals surface area contributed by atoms with Gasteiger partial charge in [0.1, 0.15) is 38.7 Å². The van der Waals surface area contributed by atoms with E-state index in [1.807, 2.05) is 0 Å². The summed E-state index contributed by atoms with van der Waals surface area (Å²) in [6, 6.07) is 9.71. The van der Waals surface area contributed by atoms with Gasteiger partial charge in [-0.1, -0.05) is 0 Å². The molecule has 0 radical (unpaired) electrons. The molecule has 0 spiro atoms. The summed E-state index contributed by atoms with van der Waals surface area (Å²) in [5.74, 6) is 0.375.